The minimum absolute atomic E-state index is 0.219. The molecule has 2 N–H and O–H groups in total. The van der Waals surface area contributed by atoms with E-state index in [9.17, 15) is 14.3 Å². The van der Waals surface area contributed by atoms with Gasteiger partial charge in [-0.2, -0.15) is 0 Å². The van der Waals surface area contributed by atoms with Crippen LogP contribution in [-0.2, 0) is 6.42 Å². The normalized spacial score (nSPS) is 18.4. The van der Waals surface area contributed by atoms with Crippen molar-refractivity contribution < 1.29 is 14.3 Å². The predicted octanol–water partition coefficient (Wildman–Crippen LogP) is 3.28. The Bertz CT molecular complexity index is 959. The highest BCUT2D eigenvalue weighted by atomic mass is 19.1. The van der Waals surface area contributed by atoms with E-state index in [0.29, 0.717) is 17.5 Å². The molecule has 0 aliphatic heterocycles. The van der Waals surface area contributed by atoms with Crippen LogP contribution in [0.15, 0.2) is 67.0 Å². The molecule has 1 heterocycles. The van der Waals surface area contributed by atoms with Crippen LogP contribution < -0.4 is 5.32 Å². The molecule has 0 fully saturated rings. The number of aromatic nitrogens is 1. The van der Waals surface area contributed by atoms with Crippen molar-refractivity contribution in [3.8, 4) is 11.1 Å². The summed E-state index contributed by atoms with van der Waals surface area (Å²) >= 11 is 0. The second kappa shape index (κ2) is 6.69. The van der Waals surface area contributed by atoms with Crippen molar-refractivity contribution in [2.45, 2.75) is 18.6 Å². The minimum atomic E-state index is -0.683. The minimum Gasteiger partial charge on any atom is -0.390 e. The van der Waals surface area contributed by atoms with Crippen LogP contribution in [0.2, 0.25) is 0 Å². The molecule has 0 saturated carbocycles. The van der Waals surface area contributed by atoms with Gasteiger partial charge in [0.25, 0.3) is 5.91 Å². The van der Waals surface area contributed by atoms with Crippen LogP contribution in [-0.4, -0.2) is 22.1 Å². The first kappa shape index (κ1) is 16.4. The molecular weight excluding hydrogens is 331 g/mol. The molecule has 2 atom stereocenters. The Labute approximate surface area is 150 Å². The first-order valence-corrected chi connectivity index (χ1v) is 8.40. The van der Waals surface area contributed by atoms with Crippen molar-refractivity contribution >= 4 is 5.91 Å². The van der Waals surface area contributed by atoms with Crippen LogP contribution in [0, 0.1) is 5.82 Å². The summed E-state index contributed by atoms with van der Waals surface area (Å²) in [6, 6.07) is 14.9. The van der Waals surface area contributed by atoms with Gasteiger partial charge in [-0.15, -0.1) is 0 Å². The topological polar surface area (TPSA) is 62.2 Å². The molecule has 1 aliphatic rings. The van der Waals surface area contributed by atoms with Gasteiger partial charge in [0, 0.05) is 29.9 Å². The third-order valence-electron chi connectivity index (χ3n) is 4.71. The Morgan fingerprint density at radius 1 is 1.12 bits per heavy atom. The van der Waals surface area contributed by atoms with Crippen molar-refractivity contribution in [3.05, 3.63) is 89.5 Å². The van der Waals surface area contributed by atoms with Gasteiger partial charge in [0.2, 0.25) is 0 Å². The van der Waals surface area contributed by atoms with Crippen LogP contribution in [0.1, 0.15) is 27.5 Å². The molecule has 5 heteroatoms. The Hall–Kier alpha value is -3.05. The van der Waals surface area contributed by atoms with Gasteiger partial charge in [-0.25, -0.2) is 4.39 Å². The largest absolute Gasteiger partial charge is 0.390 e. The van der Waals surface area contributed by atoms with Crippen LogP contribution in [0.5, 0.6) is 0 Å². The average Bonchev–Trinajstić information content (AvgIpc) is 2.98. The second-order valence-electron chi connectivity index (χ2n) is 6.35. The van der Waals surface area contributed by atoms with Crippen LogP contribution in [0.3, 0.4) is 0 Å². The molecule has 0 unspecified atom stereocenters. The summed E-state index contributed by atoms with van der Waals surface area (Å²) in [5, 5.41) is 13.1. The van der Waals surface area contributed by atoms with Gasteiger partial charge < -0.3 is 10.4 Å². The van der Waals surface area contributed by atoms with Gasteiger partial charge >= 0.3 is 0 Å². The summed E-state index contributed by atoms with van der Waals surface area (Å²) in [6.07, 6.45) is 3.00. The van der Waals surface area contributed by atoms with Crippen molar-refractivity contribution in [2.24, 2.45) is 0 Å². The molecule has 0 saturated heterocycles. The first-order valence-electron chi connectivity index (χ1n) is 8.40. The summed E-state index contributed by atoms with van der Waals surface area (Å²) in [4.78, 5) is 16.5. The number of hydrogen-bond acceptors (Lipinski definition) is 3. The maximum Gasteiger partial charge on any atom is 0.251 e. The zero-order valence-electron chi connectivity index (χ0n) is 13.9. The molecule has 0 bridgehead atoms. The molecule has 2 aromatic carbocycles. The molecule has 4 rings (SSSR count). The SMILES string of the molecule is O=C(N[C@H]1c2ccccc2C[C@H]1O)c1ccc(-c2ccncc2)c(F)c1. The number of aliphatic hydroxyl groups excluding tert-OH is 1. The highest BCUT2D eigenvalue weighted by Crippen LogP contribution is 2.31. The van der Waals surface area contributed by atoms with Gasteiger partial charge in [-0.05, 0) is 41.0 Å². The fraction of sp³-hybridized carbons (Fsp3) is 0.143. The smallest absolute Gasteiger partial charge is 0.251 e. The monoisotopic (exact) mass is 348 g/mol. The second-order valence-corrected chi connectivity index (χ2v) is 6.35. The van der Waals surface area contributed by atoms with E-state index < -0.39 is 23.9 Å². The van der Waals surface area contributed by atoms with Gasteiger partial charge in [0.15, 0.2) is 0 Å². The van der Waals surface area contributed by atoms with E-state index in [4.69, 9.17) is 0 Å². The summed E-state index contributed by atoms with van der Waals surface area (Å²) < 4.78 is 14.5. The highest BCUT2D eigenvalue weighted by molar-refractivity contribution is 5.95. The Morgan fingerprint density at radius 3 is 2.65 bits per heavy atom. The molecule has 4 nitrogen and oxygen atoms in total. The molecule has 0 spiro atoms. The fourth-order valence-electron chi connectivity index (χ4n) is 3.39. The molecule has 26 heavy (non-hydrogen) atoms. The Balaban J connectivity index is 1.57. The number of halogens is 1. The zero-order valence-corrected chi connectivity index (χ0v) is 13.9. The van der Waals surface area contributed by atoms with E-state index in [1.807, 2.05) is 24.3 Å². The Kier molecular flexibility index (Phi) is 4.22. The van der Waals surface area contributed by atoms with Crippen molar-refractivity contribution in [3.63, 3.8) is 0 Å². The molecule has 1 aromatic heterocycles. The highest BCUT2D eigenvalue weighted by Gasteiger charge is 2.32. The standard InChI is InChI=1S/C21H17FN2O2/c22-18-11-15(5-6-16(18)13-7-9-23-10-8-13)21(26)24-20-17-4-2-1-3-14(17)12-19(20)25/h1-11,19-20,25H,12H2,(H,24,26)/t19-,20+/m1/s1. The summed E-state index contributed by atoms with van der Waals surface area (Å²) in [5.41, 5.74) is 3.25. The summed E-state index contributed by atoms with van der Waals surface area (Å²) in [6.45, 7) is 0. The van der Waals surface area contributed by atoms with E-state index in [2.05, 4.69) is 10.3 Å². The number of hydrogen-bond donors (Lipinski definition) is 2. The summed E-state index contributed by atoms with van der Waals surface area (Å²) in [5.74, 6) is -0.887. The van der Waals surface area contributed by atoms with Crippen LogP contribution >= 0.6 is 0 Å². The number of carbonyl (C=O) groups excluding carboxylic acids is 1. The lowest BCUT2D eigenvalue weighted by Crippen LogP contribution is -2.33. The number of fused-ring (bicyclic) bond motifs is 1. The quantitative estimate of drug-likeness (QED) is 0.764. The lowest BCUT2D eigenvalue weighted by molar-refractivity contribution is 0.0858. The number of amides is 1. The number of rotatable bonds is 3. The zero-order chi connectivity index (χ0) is 18.1. The van der Waals surface area contributed by atoms with Gasteiger partial charge in [0.1, 0.15) is 5.82 Å². The van der Waals surface area contributed by atoms with Crippen molar-refractivity contribution in [1.82, 2.24) is 10.3 Å². The average molecular weight is 348 g/mol. The van der Waals surface area contributed by atoms with E-state index in [-0.39, 0.29) is 5.56 Å². The van der Waals surface area contributed by atoms with E-state index in [0.717, 1.165) is 11.1 Å². The molecule has 0 radical (unpaired) electrons. The third kappa shape index (κ3) is 2.97. The number of nitrogens with zero attached hydrogens (tertiary/aromatic N) is 1. The van der Waals surface area contributed by atoms with Gasteiger partial charge in [-0.1, -0.05) is 30.3 Å². The van der Waals surface area contributed by atoms with Crippen molar-refractivity contribution in [1.29, 1.82) is 0 Å². The number of aliphatic hydroxyl groups is 1. The summed E-state index contributed by atoms with van der Waals surface area (Å²) in [7, 11) is 0. The Morgan fingerprint density at radius 2 is 1.88 bits per heavy atom. The molecule has 1 aliphatic carbocycles. The number of carbonyl (C=O) groups is 1. The predicted molar refractivity (Wildman–Crippen MR) is 96.0 cm³/mol. The van der Waals surface area contributed by atoms with E-state index in [1.54, 1.807) is 36.7 Å². The van der Waals surface area contributed by atoms with Crippen molar-refractivity contribution in [2.75, 3.05) is 0 Å². The number of benzene rings is 2. The number of nitrogens with one attached hydrogen (secondary N) is 1. The van der Waals surface area contributed by atoms with Gasteiger partial charge in [-0.3, -0.25) is 9.78 Å². The molecule has 1 amide bonds. The lowest BCUT2D eigenvalue weighted by Gasteiger charge is -2.18. The molecule has 3 aromatic rings. The van der Waals surface area contributed by atoms with Crippen LogP contribution in [0.4, 0.5) is 4.39 Å². The van der Waals surface area contributed by atoms with Gasteiger partial charge in [0.05, 0.1) is 12.1 Å². The molecule has 130 valence electrons. The third-order valence-corrected chi connectivity index (χ3v) is 4.71. The maximum atomic E-state index is 14.5. The lowest BCUT2D eigenvalue weighted by atomic mass is 10.0. The van der Waals surface area contributed by atoms with E-state index >= 15 is 0 Å². The first-order chi connectivity index (χ1) is 12.6. The van der Waals surface area contributed by atoms with E-state index in [1.165, 1.54) is 6.07 Å². The molecular formula is C21H17FN2O2. The van der Waals surface area contributed by atoms with Crippen LogP contribution in [0.25, 0.3) is 11.1 Å². The number of pyridine rings is 1. The fourth-order valence-corrected chi connectivity index (χ4v) is 3.39. The maximum absolute atomic E-state index is 14.5.